The molecule has 7 heteroatoms. The fourth-order valence-corrected chi connectivity index (χ4v) is 4.45. The molecule has 0 heterocycles. The van der Waals surface area contributed by atoms with Crippen LogP contribution in [0, 0.1) is 5.41 Å². The van der Waals surface area contributed by atoms with Crippen LogP contribution >= 0.6 is 0 Å². The van der Waals surface area contributed by atoms with Crippen LogP contribution in [0.2, 0.25) is 0 Å². The number of alkyl carbamates (subject to hydrolysis) is 1. The van der Waals surface area contributed by atoms with Crippen molar-refractivity contribution in [1.29, 1.82) is 0 Å². The van der Waals surface area contributed by atoms with Gasteiger partial charge in [-0.15, -0.1) is 0 Å². The van der Waals surface area contributed by atoms with Gasteiger partial charge in [0.05, 0.1) is 5.41 Å². The Balaban J connectivity index is 1.63. The van der Waals surface area contributed by atoms with E-state index in [-0.39, 0.29) is 25.0 Å². The lowest BCUT2D eigenvalue weighted by Crippen LogP contribution is -2.52. The number of nitrogens with one attached hydrogen (secondary N) is 1. The predicted molar refractivity (Wildman–Crippen MR) is 126 cm³/mol. The second-order valence-electron chi connectivity index (χ2n) is 8.77. The monoisotopic (exact) mass is 452 g/mol. The van der Waals surface area contributed by atoms with Crippen LogP contribution in [0.1, 0.15) is 50.7 Å². The number of aliphatic carboxylic acids is 1. The van der Waals surface area contributed by atoms with Gasteiger partial charge in [-0.3, -0.25) is 4.79 Å². The van der Waals surface area contributed by atoms with E-state index in [1.54, 1.807) is 13.8 Å². The maximum absolute atomic E-state index is 13.0. The van der Waals surface area contributed by atoms with Crippen molar-refractivity contribution < 1.29 is 24.2 Å². The van der Waals surface area contributed by atoms with Crippen molar-refractivity contribution in [3.63, 3.8) is 0 Å². The van der Waals surface area contributed by atoms with Crippen molar-refractivity contribution in [3.05, 3.63) is 59.7 Å². The zero-order valence-corrected chi connectivity index (χ0v) is 19.6. The fourth-order valence-electron chi connectivity index (χ4n) is 4.45. The third-order valence-electron chi connectivity index (χ3n) is 6.72. The molecule has 0 bridgehead atoms. The summed E-state index contributed by atoms with van der Waals surface area (Å²) in [6.07, 6.45) is 0.143. The molecule has 1 aliphatic carbocycles. The standard InChI is InChI=1S/C26H32N2O5/c1-5-22(23(29)30)28(4)24(31)26(3,6-2)16-27-25(32)33-15-21-19-13-9-7-11-17(19)18-12-8-10-14-20(18)21/h7-14,21-22H,5-6,15-16H2,1-4H3,(H,27,32)(H,29,30). The first-order valence-electron chi connectivity index (χ1n) is 11.3. The van der Waals surface area contributed by atoms with E-state index in [1.165, 1.54) is 11.9 Å². The number of carbonyl (C=O) groups excluding carboxylic acids is 2. The van der Waals surface area contributed by atoms with E-state index in [1.807, 2.05) is 31.2 Å². The highest BCUT2D eigenvalue weighted by Crippen LogP contribution is 2.44. The average Bonchev–Trinajstić information content (AvgIpc) is 3.14. The Kier molecular flexibility index (Phi) is 7.41. The van der Waals surface area contributed by atoms with Crippen molar-refractivity contribution in [1.82, 2.24) is 10.2 Å². The first-order chi connectivity index (χ1) is 15.7. The number of fused-ring (bicyclic) bond motifs is 3. The number of rotatable bonds is 9. The van der Waals surface area contributed by atoms with E-state index in [2.05, 4.69) is 29.6 Å². The quantitative estimate of drug-likeness (QED) is 0.593. The summed E-state index contributed by atoms with van der Waals surface area (Å²) in [6, 6.07) is 15.3. The lowest BCUT2D eigenvalue weighted by molar-refractivity contribution is -0.153. The van der Waals surface area contributed by atoms with Crippen LogP contribution in [0.15, 0.2) is 48.5 Å². The van der Waals surface area contributed by atoms with Crippen LogP contribution in [0.3, 0.4) is 0 Å². The summed E-state index contributed by atoms with van der Waals surface area (Å²) < 4.78 is 5.56. The predicted octanol–water partition coefficient (Wildman–Crippen LogP) is 4.26. The Hall–Kier alpha value is -3.35. The molecule has 0 aliphatic heterocycles. The number of nitrogens with zero attached hydrogens (tertiary/aromatic N) is 1. The van der Waals surface area contributed by atoms with Gasteiger partial charge in [-0.05, 0) is 42.0 Å². The van der Waals surface area contributed by atoms with Crippen LogP contribution in [-0.4, -0.2) is 54.2 Å². The van der Waals surface area contributed by atoms with Crippen LogP contribution in [0.25, 0.3) is 11.1 Å². The van der Waals surface area contributed by atoms with Crippen LogP contribution < -0.4 is 5.32 Å². The Morgan fingerprint density at radius 3 is 2.09 bits per heavy atom. The van der Waals surface area contributed by atoms with Crippen molar-refractivity contribution in [2.75, 3.05) is 20.2 Å². The Bertz CT molecular complexity index is 991. The molecule has 7 nitrogen and oxygen atoms in total. The van der Waals surface area contributed by atoms with Gasteiger partial charge in [-0.25, -0.2) is 9.59 Å². The summed E-state index contributed by atoms with van der Waals surface area (Å²) in [4.78, 5) is 38.3. The van der Waals surface area contributed by atoms with Gasteiger partial charge in [0.2, 0.25) is 5.91 Å². The molecule has 2 unspecified atom stereocenters. The molecule has 2 aromatic rings. The molecule has 176 valence electrons. The molecule has 2 aromatic carbocycles. The number of ether oxygens (including phenoxy) is 1. The lowest BCUT2D eigenvalue weighted by atomic mass is 9.85. The summed E-state index contributed by atoms with van der Waals surface area (Å²) in [7, 11) is 1.49. The minimum absolute atomic E-state index is 0.0469. The number of hydrogen-bond donors (Lipinski definition) is 2. The summed E-state index contributed by atoms with van der Waals surface area (Å²) in [5.41, 5.74) is 3.61. The number of carboxylic acids is 1. The zero-order chi connectivity index (χ0) is 24.2. The van der Waals surface area contributed by atoms with Crippen LogP contribution in [-0.2, 0) is 14.3 Å². The second-order valence-corrected chi connectivity index (χ2v) is 8.77. The number of carboxylic acid groups (broad SMARTS) is 1. The van der Waals surface area contributed by atoms with E-state index in [9.17, 15) is 19.5 Å². The molecule has 33 heavy (non-hydrogen) atoms. The van der Waals surface area contributed by atoms with Gasteiger partial charge in [0.25, 0.3) is 0 Å². The molecular formula is C26H32N2O5. The first kappa shape index (κ1) is 24.3. The van der Waals surface area contributed by atoms with Crippen molar-refractivity contribution in [2.45, 2.75) is 45.6 Å². The number of amides is 2. The van der Waals surface area contributed by atoms with Crippen molar-refractivity contribution in [2.24, 2.45) is 5.41 Å². The molecular weight excluding hydrogens is 420 g/mol. The molecule has 3 rings (SSSR count). The van der Waals surface area contributed by atoms with Crippen LogP contribution in [0.4, 0.5) is 4.79 Å². The highest BCUT2D eigenvalue weighted by atomic mass is 16.5. The van der Waals surface area contributed by atoms with Gasteiger partial charge in [-0.2, -0.15) is 0 Å². The topological polar surface area (TPSA) is 95.9 Å². The Morgan fingerprint density at radius 2 is 1.61 bits per heavy atom. The molecule has 0 fully saturated rings. The summed E-state index contributed by atoms with van der Waals surface area (Å²) in [5, 5.41) is 12.1. The zero-order valence-electron chi connectivity index (χ0n) is 19.6. The second kappa shape index (κ2) is 10.1. The van der Waals surface area contributed by atoms with Gasteiger partial charge >= 0.3 is 12.1 Å². The highest BCUT2D eigenvalue weighted by Gasteiger charge is 2.38. The van der Waals surface area contributed by atoms with Crippen molar-refractivity contribution in [3.8, 4) is 11.1 Å². The molecule has 1 aliphatic rings. The largest absolute Gasteiger partial charge is 0.480 e. The molecule has 0 saturated carbocycles. The molecule has 0 spiro atoms. The summed E-state index contributed by atoms with van der Waals surface area (Å²) in [6.45, 7) is 5.53. The molecule has 0 radical (unpaired) electrons. The highest BCUT2D eigenvalue weighted by molar-refractivity contribution is 5.87. The molecule has 2 atom stereocenters. The Morgan fingerprint density at radius 1 is 1.06 bits per heavy atom. The lowest BCUT2D eigenvalue weighted by Gasteiger charge is -2.34. The van der Waals surface area contributed by atoms with E-state index >= 15 is 0 Å². The minimum atomic E-state index is -1.05. The van der Waals surface area contributed by atoms with Gasteiger partial charge < -0.3 is 20.1 Å². The van der Waals surface area contributed by atoms with Gasteiger partial charge in [-0.1, -0.05) is 62.4 Å². The third kappa shape index (κ3) is 4.87. The number of benzene rings is 2. The normalized spacial score (nSPS) is 15.0. The molecule has 2 N–H and O–H groups in total. The smallest absolute Gasteiger partial charge is 0.407 e. The number of hydrogen-bond acceptors (Lipinski definition) is 4. The van der Waals surface area contributed by atoms with Gasteiger partial charge in [0, 0.05) is 19.5 Å². The molecule has 0 aromatic heterocycles. The van der Waals surface area contributed by atoms with Gasteiger partial charge in [0.15, 0.2) is 0 Å². The van der Waals surface area contributed by atoms with E-state index < -0.39 is 23.5 Å². The average molecular weight is 453 g/mol. The summed E-state index contributed by atoms with van der Waals surface area (Å²) >= 11 is 0. The molecule has 2 amide bonds. The van der Waals surface area contributed by atoms with Crippen LogP contribution in [0.5, 0.6) is 0 Å². The maximum Gasteiger partial charge on any atom is 0.407 e. The van der Waals surface area contributed by atoms with Gasteiger partial charge in [0.1, 0.15) is 12.6 Å². The SMILES string of the molecule is CCC(C(=O)O)N(C)C(=O)C(C)(CC)CNC(=O)OCC1c2ccccc2-c2ccccc21. The third-order valence-corrected chi connectivity index (χ3v) is 6.72. The fraction of sp³-hybridized carbons (Fsp3) is 0.423. The molecule has 0 saturated heterocycles. The first-order valence-corrected chi connectivity index (χ1v) is 11.3. The Labute approximate surface area is 194 Å². The number of likely N-dealkylation sites (N-methyl/N-ethyl adjacent to an activating group) is 1. The maximum atomic E-state index is 13.0. The van der Waals surface area contributed by atoms with E-state index in [4.69, 9.17) is 4.74 Å². The van der Waals surface area contributed by atoms with Crippen molar-refractivity contribution >= 4 is 18.0 Å². The number of carbonyl (C=O) groups is 3. The summed E-state index contributed by atoms with van der Waals surface area (Å²) in [5.74, 6) is -1.41. The van der Waals surface area contributed by atoms with E-state index in [0.717, 1.165) is 22.3 Å². The van der Waals surface area contributed by atoms with E-state index in [0.29, 0.717) is 12.8 Å². The minimum Gasteiger partial charge on any atom is -0.480 e.